The minimum atomic E-state index is -4.92. The molecule has 0 bridgehead atoms. The quantitative estimate of drug-likeness (QED) is 0.0183. The summed E-state index contributed by atoms with van der Waals surface area (Å²) >= 11 is 39.6. The fraction of sp³-hybridized carbons (Fsp3) is 0.289. The first-order chi connectivity index (χ1) is 62.0. The Kier molecular flexibility index (Phi) is 38.3. The lowest BCUT2D eigenvalue weighted by molar-refractivity contribution is -0.138. The van der Waals surface area contributed by atoms with Crippen LogP contribution in [-0.2, 0) is 62.8 Å². The van der Waals surface area contributed by atoms with Gasteiger partial charge in [0.15, 0.2) is 11.4 Å². The third kappa shape index (κ3) is 35.1. The Morgan fingerprint density at radius 1 is 0.378 bits per heavy atom. The van der Waals surface area contributed by atoms with Gasteiger partial charge in [0, 0.05) is 36.7 Å². The molecule has 33 nitrogen and oxygen atoms in total. The van der Waals surface area contributed by atoms with Gasteiger partial charge < -0.3 is 31.0 Å². The van der Waals surface area contributed by atoms with E-state index in [0.29, 0.717) is 35.7 Å². The Morgan fingerprint density at radius 3 is 0.963 bits per heavy atom. The van der Waals surface area contributed by atoms with E-state index in [-0.39, 0.29) is 61.4 Å². The first-order valence-electron chi connectivity index (χ1n) is 38.7. The predicted molar refractivity (Wildman–Crippen MR) is 498 cm³/mol. The number of aromatic nitrogens is 7. The average molecular weight is 2090 g/mol. The standard InChI is InChI=1S/C26H26Cl2F3N5O5S.C21H18Cl2F3N5O3S.C13H6Cl3F3N2O3S.C13H21N3O2.C10H15N3O2/c1-14(2)36(21-8-6-7-20(33-21)34-24(38)41-25(3,4)5)23(37)22-19(11-15(27)13-32-22)35-42(39,40)16-9-10-18(28)17(12-16)26(29,30)31;1-11(2)31(18-5-3-4-17(27)29-18)20(32)19-16(8-12(22)10-28-19)30-35(33,34)13-6-7-15(23)14(9-13)21(24,25)26;14-6-3-10(11(12(16)22)20-5-6)21-25(23,24)7-1-2-9(15)8(4-7)13(17,18)19;1-9(2)14-10-7-6-8-11(15-10)16-12(17)18-13(3,4)5;1-10(2,3)15-9(14)13-8-6-4-5-7(11)12-8/h6-14,35H,1-5H3,(H,33,34,38);3-11,30H,1-2H3,(H2,27,29);1-5,21H;6-9H,1-5H3,(H2,14,15,16,17);4-6H,1-3H3,(H3,11,12,13,14). The molecule has 0 spiro atoms. The summed E-state index contributed by atoms with van der Waals surface area (Å²) in [6, 6.07) is 28.2. The van der Waals surface area contributed by atoms with Crippen LogP contribution in [0.15, 0.2) is 179 Å². The summed E-state index contributed by atoms with van der Waals surface area (Å²) in [5.74, 6) is 0.807. The highest BCUT2D eigenvalue weighted by atomic mass is 35.5. The van der Waals surface area contributed by atoms with Crippen LogP contribution in [0.5, 0.6) is 0 Å². The predicted octanol–water partition coefficient (Wildman–Crippen LogP) is 22.1. The van der Waals surface area contributed by atoms with E-state index in [1.54, 1.807) is 99.6 Å². The number of pyridine rings is 7. The highest BCUT2D eigenvalue weighted by Crippen LogP contribution is 2.41. The molecule has 5 amide bonds. The molecule has 0 aliphatic heterocycles. The van der Waals surface area contributed by atoms with Crippen LogP contribution in [0.4, 0.5) is 118 Å². The van der Waals surface area contributed by atoms with Crippen molar-refractivity contribution in [1.82, 2.24) is 34.9 Å². The zero-order valence-corrected chi connectivity index (χ0v) is 81.1. The number of rotatable bonds is 21. The van der Waals surface area contributed by atoms with Crippen LogP contribution in [0.3, 0.4) is 0 Å². The third-order valence-corrected chi connectivity index (χ3v) is 21.7. The average Bonchev–Trinajstić information content (AvgIpc) is 0.781. The first-order valence-corrected chi connectivity index (χ1v) is 45.8. The SMILES string of the molecule is CC(C)(C)OC(=O)Nc1cccc(N)n1.CC(C)N(C(=O)c1ncc(Cl)cc1NS(=O)(=O)c1ccc(Cl)c(C(F)(F)F)c1)c1cccc(N)n1.CC(C)N(C(=O)c1ncc(Cl)cc1NS(=O)(=O)c1ccc(Cl)c(C(F)(F)F)c1)c1cccc(NC(=O)OC(C)(C)C)n1.CC(C)Nc1cccc(NC(=O)OC(C)(C)C)n1.O=C(Cl)c1ncc(Cl)cc1NS(=O)(=O)c1ccc(Cl)c(C(F)(F)F)c1. The summed E-state index contributed by atoms with van der Waals surface area (Å²) in [6.07, 6.45) is -13.2. The van der Waals surface area contributed by atoms with Crippen LogP contribution in [0.25, 0.3) is 0 Å². The number of ether oxygens (including phenoxy) is 3. The summed E-state index contributed by atoms with van der Waals surface area (Å²) in [4.78, 5) is 102. The number of nitrogens with zero attached hydrogens (tertiary/aromatic N) is 9. The molecule has 0 fully saturated rings. The number of amides is 5. The van der Waals surface area contributed by atoms with Gasteiger partial charge in [-0.15, -0.1) is 0 Å². The maximum absolute atomic E-state index is 13.8. The molecule has 10 aromatic rings. The molecule has 0 saturated carbocycles. The monoisotopic (exact) mass is 2090 g/mol. The molecule has 11 N–H and O–H groups in total. The van der Waals surface area contributed by atoms with Gasteiger partial charge in [-0.1, -0.05) is 93.9 Å². The van der Waals surface area contributed by atoms with Gasteiger partial charge in [-0.3, -0.25) is 54.3 Å². The van der Waals surface area contributed by atoms with Crippen molar-refractivity contribution in [3.63, 3.8) is 0 Å². The number of carbonyl (C=O) groups is 6. The Hall–Kier alpha value is -11.8. The van der Waals surface area contributed by atoms with Crippen LogP contribution in [0.2, 0.25) is 30.1 Å². The van der Waals surface area contributed by atoms with Crippen molar-refractivity contribution >= 4 is 210 Å². The van der Waals surface area contributed by atoms with Gasteiger partial charge in [-0.05, 0) is 237 Å². The molecule has 0 radical (unpaired) electrons. The van der Waals surface area contributed by atoms with Gasteiger partial charge >= 0.3 is 36.8 Å². The van der Waals surface area contributed by atoms with Gasteiger partial charge in [-0.2, -0.15) is 39.5 Å². The summed E-state index contributed by atoms with van der Waals surface area (Å²) in [6.45, 7) is 26.6. The van der Waals surface area contributed by atoms with Crippen molar-refractivity contribution in [2.24, 2.45) is 0 Å². The van der Waals surface area contributed by atoms with Gasteiger partial charge in [0.2, 0.25) is 0 Å². The molecule has 10 rings (SSSR count). The van der Waals surface area contributed by atoms with Crippen LogP contribution in [-0.4, -0.2) is 130 Å². The maximum atomic E-state index is 13.8. The lowest BCUT2D eigenvalue weighted by Gasteiger charge is -2.27. The van der Waals surface area contributed by atoms with E-state index in [4.69, 9.17) is 107 Å². The number of hydrogen-bond donors (Lipinski definition) is 9. The van der Waals surface area contributed by atoms with E-state index in [2.05, 4.69) is 65.6 Å². The first kappa shape index (κ1) is 112. The minimum absolute atomic E-state index is 0.0218. The number of alkyl halides is 9. The lowest BCUT2D eigenvalue weighted by Crippen LogP contribution is -2.39. The number of anilines is 11. The lowest BCUT2D eigenvalue weighted by atomic mass is 10.2. The van der Waals surface area contributed by atoms with E-state index in [9.17, 15) is 93.5 Å². The molecule has 52 heteroatoms. The molecule has 0 aliphatic rings. The largest absolute Gasteiger partial charge is 0.444 e. The van der Waals surface area contributed by atoms with Crippen molar-refractivity contribution < 1.29 is 108 Å². The molecule has 7 heterocycles. The molecular weight excluding hydrogens is 2000 g/mol. The number of nitrogens with two attached hydrogens (primary N) is 2. The van der Waals surface area contributed by atoms with Gasteiger partial charge in [0.25, 0.3) is 47.1 Å². The Balaban J connectivity index is 0.000000272. The fourth-order valence-electron chi connectivity index (χ4n) is 10.6. The van der Waals surface area contributed by atoms with E-state index < -0.39 is 176 Å². The second-order valence-corrected chi connectivity index (χ2v) is 39.5. The summed E-state index contributed by atoms with van der Waals surface area (Å²) in [5.41, 5.74) is 2.99. The fourth-order valence-corrected chi connectivity index (χ4v) is 15.1. The summed E-state index contributed by atoms with van der Waals surface area (Å²) < 4.78 is 217. The third-order valence-electron chi connectivity index (χ3n) is 15.8. The van der Waals surface area contributed by atoms with Crippen LogP contribution >= 0.6 is 81.2 Å². The Bertz CT molecular complexity index is 6370. The zero-order chi connectivity index (χ0) is 102. The number of benzene rings is 3. The number of hydrogen-bond acceptors (Lipinski definition) is 25. The number of halogens is 16. The van der Waals surface area contributed by atoms with Crippen molar-refractivity contribution in [2.45, 2.75) is 172 Å². The Morgan fingerprint density at radius 2 is 0.659 bits per heavy atom. The highest BCUT2D eigenvalue weighted by Gasteiger charge is 2.39. The molecule has 3 aromatic carbocycles. The topological polar surface area (TPSA) is 465 Å². The van der Waals surface area contributed by atoms with E-state index >= 15 is 0 Å². The van der Waals surface area contributed by atoms with Gasteiger partial charge in [-0.25, -0.2) is 74.5 Å². The normalized spacial score (nSPS) is 11.8. The van der Waals surface area contributed by atoms with E-state index in [0.717, 1.165) is 79.0 Å². The molecule has 728 valence electrons. The highest BCUT2D eigenvalue weighted by molar-refractivity contribution is 7.93. The van der Waals surface area contributed by atoms with Gasteiger partial charge in [0.1, 0.15) is 69.0 Å². The van der Waals surface area contributed by atoms with Crippen molar-refractivity contribution in [3.05, 3.63) is 228 Å². The molecule has 0 unspecified atom stereocenters. The number of sulfonamides is 3. The Labute approximate surface area is 804 Å². The number of nitrogens with one attached hydrogen (secondary N) is 7. The van der Waals surface area contributed by atoms with Crippen LogP contribution in [0, 0.1) is 0 Å². The minimum Gasteiger partial charge on any atom is -0.444 e. The molecule has 0 aliphatic carbocycles. The van der Waals surface area contributed by atoms with E-state index in [1.807, 2.05) is 51.5 Å². The molecule has 0 atom stereocenters. The smallest absolute Gasteiger partial charge is 0.417 e. The molecular formula is C83H86Cl7F9N18O15S3. The van der Waals surface area contributed by atoms with Crippen molar-refractivity contribution in [1.29, 1.82) is 0 Å². The van der Waals surface area contributed by atoms with Crippen molar-refractivity contribution in [3.8, 4) is 0 Å². The van der Waals surface area contributed by atoms with Crippen molar-refractivity contribution in [2.75, 3.05) is 56.7 Å². The maximum Gasteiger partial charge on any atom is 0.417 e. The van der Waals surface area contributed by atoms with Crippen LogP contribution < -0.4 is 56.7 Å². The van der Waals surface area contributed by atoms with Gasteiger partial charge in [0.05, 0.1) is 78.6 Å². The van der Waals surface area contributed by atoms with Crippen LogP contribution in [0.1, 0.15) is 152 Å². The molecule has 0 saturated heterocycles. The summed E-state index contributed by atoms with van der Waals surface area (Å²) in [5, 5.41) is 7.52. The number of carbonyl (C=O) groups excluding carboxylic acids is 6. The zero-order valence-electron chi connectivity index (χ0n) is 73.4. The van der Waals surface area contributed by atoms with E-state index in [1.165, 1.54) is 40.1 Å². The molecule has 135 heavy (non-hydrogen) atoms. The number of nitrogen functional groups attached to an aromatic ring is 2. The molecule has 7 aromatic heterocycles. The second-order valence-electron chi connectivity index (χ2n) is 31.5. The second kappa shape index (κ2) is 46.1. The summed E-state index contributed by atoms with van der Waals surface area (Å²) in [7, 11) is -13.8.